The molecule has 7 atom stereocenters. The highest BCUT2D eigenvalue weighted by Gasteiger charge is 2.69. The molecule has 3 aromatic carbocycles. The van der Waals surface area contributed by atoms with E-state index in [0.717, 1.165) is 21.9 Å². The van der Waals surface area contributed by atoms with E-state index in [1.807, 2.05) is 12.1 Å². The maximum Gasteiger partial charge on any atom is 0.338 e. The number of aromatic amines is 1. The monoisotopic (exact) mass is 749 g/mol. The lowest BCUT2D eigenvalue weighted by Gasteiger charge is -2.43. The Labute approximate surface area is 304 Å². The Hall–Kier alpha value is -4.10. The van der Waals surface area contributed by atoms with Crippen LogP contribution in [-0.2, 0) is 19.1 Å². The summed E-state index contributed by atoms with van der Waals surface area (Å²) in [6.45, 7) is 1.75. The lowest BCUT2D eigenvalue weighted by molar-refractivity contribution is -0.123. The summed E-state index contributed by atoms with van der Waals surface area (Å²) in [7, 11) is 0. The number of rotatable bonds is 8. The van der Waals surface area contributed by atoms with Crippen LogP contribution in [0.3, 0.4) is 0 Å². The van der Waals surface area contributed by atoms with Crippen molar-refractivity contribution < 1.29 is 28.7 Å². The van der Waals surface area contributed by atoms with Crippen molar-refractivity contribution in [2.75, 3.05) is 23.4 Å². The van der Waals surface area contributed by atoms with E-state index in [4.69, 9.17) is 32.7 Å². The first-order chi connectivity index (χ1) is 24.1. The fourth-order valence-electron chi connectivity index (χ4n) is 8.30. The lowest BCUT2D eigenvalue weighted by atomic mass is 9.68. The highest BCUT2D eigenvalue weighted by atomic mass is 35.5. The second kappa shape index (κ2) is 12.9. The van der Waals surface area contributed by atoms with Crippen LogP contribution >= 0.6 is 46.3 Å². The molecule has 4 aromatic rings. The van der Waals surface area contributed by atoms with Crippen LogP contribution in [-0.4, -0.2) is 47.1 Å². The van der Waals surface area contributed by atoms with Crippen LogP contribution in [0.4, 0.5) is 11.4 Å². The number of hydrogen-bond acceptors (Lipinski definition) is 9. The van der Waals surface area contributed by atoms with Crippen LogP contribution in [0.15, 0.2) is 76.6 Å². The minimum Gasteiger partial charge on any atom is -0.484 e. The number of hydrogen-bond donors (Lipinski definition) is 2. The average molecular weight is 751 g/mol. The van der Waals surface area contributed by atoms with Crippen LogP contribution in [0.25, 0.3) is 0 Å². The van der Waals surface area contributed by atoms with Gasteiger partial charge < -0.3 is 19.8 Å². The van der Waals surface area contributed by atoms with Gasteiger partial charge in [-0.3, -0.25) is 24.1 Å². The van der Waals surface area contributed by atoms with Crippen molar-refractivity contribution in [1.29, 1.82) is 0 Å². The van der Waals surface area contributed by atoms with Gasteiger partial charge in [0.1, 0.15) is 5.75 Å². The molecule has 0 unspecified atom stereocenters. The Morgan fingerprint density at radius 1 is 0.940 bits per heavy atom. The Morgan fingerprint density at radius 3 is 2.36 bits per heavy atom. The summed E-state index contributed by atoms with van der Waals surface area (Å²) in [6, 6.07) is 18.7. The molecule has 50 heavy (non-hydrogen) atoms. The van der Waals surface area contributed by atoms with Crippen molar-refractivity contribution in [3.05, 3.63) is 102 Å². The molecule has 2 N–H and O–H groups in total. The van der Waals surface area contributed by atoms with E-state index in [1.54, 1.807) is 73.3 Å². The van der Waals surface area contributed by atoms with E-state index in [0.29, 0.717) is 32.7 Å². The van der Waals surface area contributed by atoms with E-state index in [9.17, 15) is 24.0 Å². The zero-order valence-corrected chi connectivity index (χ0v) is 29.5. The summed E-state index contributed by atoms with van der Waals surface area (Å²) < 4.78 is 10.8. The molecular formula is C36H29Cl2N3O7S2. The number of amides is 3. The average Bonchev–Trinajstić information content (AvgIpc) is 3.84. The van der Waals surface area contributed by atoms with E-state index in [2.05, 4.69) is 10.3 Å². The maximum atomic E-state index is 14.1. The fraction of sp³-hybridized carbons (Fsp3) is 0.306. The summed E-state index contributed by atoms with van der Waals surface area (Å²) in [5.41, 5.74) is 2.26. The van der Waals surface area contributed by atoms with Crippen molar-refractivity contribution in [1.82, 2.24) is 4.98 Å². The number of aromatic nitrogens is 1. The van der Waals surface area contributed by atoms with Crippen molar-refractivity contribution in [2.24, 2.45) is 29.6 Å². The molecule has 1 aromatic heterocycles. The third-order valence-electron chi connectivity index (χ3n) is 10.2. The van der Waals surface area contributed by atoms with E-state index in [-0.39, 0.29) is 64.7 Å². The van der Waals surface area contributed by atoms with E-state index in [1.165, 1.54) is 16.2 Å². The SMILES string of the molecule is CCOC(=O)c1ccc(N2C(=O)[C@H]3[C@H]4C[C@@H]([C@@H]3C2=O)[C@@H]2[C@H](c3ccc(OCC(=O)Nc5ccc(Cl)c(Cl)c5)cc3)c3sc(=O)[nH]c3S[C@H]42)cc1. The number of benzene rings is 3. The van der Waals surface area contributed by atoms with Gasteiger partial charge in [-0.2, -0.15) is 0 Å². The molecule has 3 fully saturated rings. The van der Waals surface area contributed by atoms with Gasteiger partial charge in [0.15, 0.2) is 6.61 Å². The number of esters is 1. The number of fused-ring (bicyclic) bond motifs is 9. The van der Waals surface area contributed by atoms with Crippen LogP contribution in [0.2, 0.25) is 10.0 Å². The Bertz CT molecular complexity index is 2100. The van der Waals surface area contributed by atoms with Gasteiger partial charge in [-0.15, -0.1) is 11.8 Å². The third kappa shape index (κ3) is 5.53. The topological polar surface area (TPSA) is 135 Å². The van der Waals surface area contributed by atoms with Gasteiger partial charge in [-0.1, -0.05) is 46.7 Å². The van der Waals surface area contributed by atoms with E-state index < -0.39 is 17.8 Å². The minimum atomic E-state index is -0.463. The number of thioether (sulfide) groups is 1. The molecule has 4 aliphatic rings. The van der Waals surface area contributed by atoms with Crippen LogP contribution in [0.5, 0.6) is 5.75 Å². The molecule has 3 amide bonds. The maximum absolute atomic E-state index is 14.1. The molecule has 10 nitrogen and oxygen atoms in total. The van der Waals surface area contributed by atoms with Gasteiger partial charge in [-0.05, 0) is 91.3 Å². The molecule has 14 heteroatoms. The van der Waals surface area contributed by atoms with Crippen molar-refractivity contribution in [2.45, 2.75) is 29.5 Å². The predicted molar refractivity (Wildman–Crippen MR) is 190 cm³/mol. The molecule has 256 valence electrons. The van der Waals surface area contributed by atoms with Crippen LogP contribution in [0.1, 0.15) is 40.1 Å². The van der Waals surface area contributed by atoms with Gasteiger partial charge in [-0.25, -0.2) is 4.79 Å². The summed E-state index contributed by atoms with van der Waals surface area (Å²) in [5.74, 6) is -1.88. The number of imide groups is 1. The first-order valence-electron chi connectivity index (χ1n) is 16.1. The standard InChI is InChI=1S/C36H29Cl2N3O7S2/c1-2-47-35(45)17-3-8-19(9-4-17)41-33(43)28-21-14-22(29(28)34(41)44)30-27(21)26(31-32(49-30)40-36(46)50-31)16-5-10-20(11-6-16)48-15-25(42)39-18-7-12-23(37)24(38)13-18/h3-13,21-22,26-30H,2,14-15H2,1H3,(H,39,42)(H,40,46)/t21-,22-,26+,27-,28+,29+,30-/m1/s1. The highest BCUT2D eigenvalue weighted by Crippen LogP contribution is 2.68. The molecule has 1 saturated heterocycles. The Balaban J connectivity index is 1.03. The summed E-state index contributed by atoms with van der Waals surface area (Å²) in [6.07, 6.45) is 0.760. The van der Waals surface area contributed by atoms with E-state index >= 15 is 0 Å². The number of H-pyrrole nitrogens is 1. The normalized spacial score (nSPS) is 26.0. The zero-order chi connectivity index (χ0) is 34.8. The number of carbonyl (C=O) groups is 4. The first kappa shape index (κ1) is 33.1. The highest BCUT2D eigenvalue weighted by molar-refractivity contribution is 8.00. The van der Waals surface area contributed by atoms with Gasteiger partial charge in [0.2, 0.25) is 11.8 Å². The second-order valence-electron chi connectivity index (χ2n) is 12.8. The molecule has 8 rings (SSSR count). The first-order valence-corrected chi connectivity index (χ1v) is 18.6. The van der Waals surface area contributed by atoms with Crippen LogP contribution in [0, 0.1) is 29.6 Å². The lowest BCUT2D eigenvalue weighted by Crippen LogP contribution is -2.42. The summed E-state index contributed by atoms with van der Waals surface area (Å²) in [5, 5.41) is 4.30. The fourth-order valence-corrected chi connectivity index (χ4v) is 11.5. The third-order valence-corrected chi connectivity index (χ3v) is 13.5. The number of anilines is 2. The largest absolute Gasteiger partial charge is 0.484 e. The molecule has 0 spiro atoms. The molecule has 3 heterocycles. The van der Waals surface area contributed by atoms with Crippen LogP contribution < -0.4 is 19.8 Å². The summed E-state index contributed by atoms with van der Waals surface area (Å²) >= 11 is 14.8. The zero-order valence-electron chi connectivity index (χ0n) is 26.4. The van der Waals surface area contributed by atoms with Gasteiger partial charge in [0.25, 0.3) is 5.91 Å². The Kier molecular flexibility index (Phi) is 8.53. The molecule has 2 aliphatic carbocycles. The molecule has 2 saturated carbocycles. The minimum absolute atomic E-state index is 0.0248. The van der Waals surface area contributed by atoms with Crippen molar-refractivity contribution >= 4 is 81.4 Å². The molecule has 2 aliphatic heterocycles. The smallest absolute Gasteiger partial charge is 0.338 e. The van der Waals surface area contributed by atoms with Crippen molar-refractivity contribution in [3.63, 3.8) is 0 Å². The number of thiazole rings is 1. The number of nitrogens with one attached hydrogen (secondary N) is 2. The number of ether oxygens (including phenoxy) is 2. The van der Waals surface area contributed by atoms with Gasteiger partial charge in [0, 0.05) is 21.7 Å². The number of halogens is 2. The number of carbonyl (C=O) groups excluding carboxylic acids is 4. The van der Waals surface area contributed by atoms with Gasteiger partial charge >= 0.3 is 10.8 Å². The summed E-state index contributed by atoms with van der Waals surface area (Å²) in [4.78, 5) is 70.5. The second-order valence-corrected chi connectivity index (χ2v) is 15.8. The molecule has 2 bridgehead atoms. The predicted octanol–water partition coefficient (Wildman–Crippen LogP) is 6.62. The quantitative estimate of drug-likeness (QED) is 0.152. The Morgan fingerprint density at radius 2 is 1.66 bits per heavy atom. The van der Waals surface area contributed by atoms with Crippen molar-refractivity contribution in [3.8, 4) is 5.75 Å². The van der Waals surface area contributed by atoms with Gasteiger partial charge in [0.05, 0.1) is 44.8 Å². The molecular weight excluding hydrogens is 721 g/mol. The molecule has 0 radical (unpaired) electrons. The number of nitrogens with zero attached hydrogens (tertiary/aromatic N) is 1.